The number of hydrogen-bond donors (Lipinski definition) is 1. The van der Waals surface area contributed by atoms with E-state index in [-0.39, 0.29) is 5.79 Å². The summed E-state index contributed by atoms with van der Waals surface area (Å²) in [6, 6.07) is 14.7. The zero-order valence-corrected chi connectivity index (χ0v) is 26.0. The molecule has 4 nitrogen and oxygen atoms in total. The largest absolute Gasteiger partial charge is 0.391 e. The summed E-state index contributed by atoms with van der Waals surface area (Å²) in [5, 5.41) is 3.42. The van der Waals surface area contributed by atoms with Crippen LogP contribution in [-0.4, -0.2) is 44.7 Å². The molecule has 1 N–H and O–H groups in total. The predicted octanol–water partition coefficient (Wildman–Crippen LogP) is 7.30. The Morgan fingerprint density at radius 2 is 1.53 bits per heavy atom. The third-order valence-electron chi connectivity index (χ3n) is 7.72. The first-order valence-electron chi connectivity index (χ1n) is 15.1. The minimum atomic E-state index is -1.39. The molecule has 0 amide bonds. The van der Waals surface area contributed by atoms with Crippen LogP contribution in [0.25, 0.3) is 0 Å². The summed E-state index contributed by atoms with van der Waals surface area (Å²) in [6.45, 7) is 18.5. The van der Waals surface area contributed by atoms with Crippen LogP contribution in [0.4, 0.5) is 0 Å². The van der Waals surface area contributed by atoms with E-state index < -0.39 is 8.32 Å². The molecule has 2 aliphatic carbocycles. The zero-order chi connectivity index (χ0) is 27.2. The summed E-state index contributed by atoms with van der Waals surface area (Å²) in [5.41, 5.74) is 8.99. The molecule has 0 spiro atoms. The molecule has 0 saturated heterocycles. The monoisotopic (exact) mass is 536 g/mol. The van der Waals surface area contributed by atoms with E-state index in [9.17, 15) is 0 Å². The Morgan fingerprint density at radius 3 is 2.13 bits per heavy atom. The molecule has 2 saturated carbocycles. The van der Waals surface area contributed by atoms with E-state index in [1.54, 1.807) is 16.7 Å². The van der Waals surface area contributed by atoms with Crippen LogP contribution >= 0.6 is 0 Å². The van der Waals surface area contributed by atoms with Crippen molar-refractivity contribution >= 4 is 8.32 Å². The molecule has 210 valence electrons. The molecule has 38 heavy (non-hydrogen) atoms. The maximum Gasteiger partial charge on any atom is 0.187 e. The van der Waals surface area contributed by atoms with Gasteiger partial charge in [0.1, 0.15) is 0 Å². The van der Waals surface area contributed by atoms with Gasteiger partial charge in [0.25, 0.3) is 0 Å². The van der Waals surface area contributed by atoms with Crippen LogP contribution in [0.3, 0.4) is 0 Å². The highest BCUT2D eigenvalue weighted by Gasteiger charge is 2.47. The van der Waals surface area contributed by atoms with Crippen LogP contribution < -0.4 is 5.32 Å². The molecule has 2 aromatic carbocycles. The number of aryl methyl sites for hydroxylation is 4. The second-order valence-corrected chi connectivity index (χ2v) is 17.1. The summed E-state index contributed by atoms with van der Waals surface area (Å²) in [7, 11) is -1.39. The molecule has 5 heteroatoms. The van der Waals surface area contributed by atoms with Gasteiger partial charge in [-0.05, 0) is 114 Å². The maximum atomic E-state index is 5.89. The maximum absolute atomic E-state index is 5.89. The van der Waals surface area contributed by atoms with Crippen molar-refractivity contribution in [3.8, 4) is 0 Å². The Labute approximate surface area is 233 Å². The molecule has 6 rings (SSSR count). The number of benzene rings is 2. The molecule has 0 atom stereocenters. The summed E-state index contributed by atoms with van der Waals surface area (Å²) in [4.78, 5) is 2.68. The van der Waals surface area contributed by atoms with E-state index >= 15 is 0 Å². The summed E-state index contributed by atoms with van der Waals surface area (Å²) in [5.74, 6) is -0.154. The fraction of sp³-hybridized carbons (Fsp3) is 0.636. The molecule has 0 bridgehead atoms. The van der Waals surface area contributed by atoms with Crippen molar-refractivity contribution in [2.24, 2.45) is 0 Å². The summed E-state index contributed by atoms with van der Waals surface area (Å²) >= 11 is 0. The van der Waals surface area contributed by atoms with Crippen LogP contribution in [0, 0.1) is 13.8 Å². The number of ether oxygens (including phenoxy) is 1. The number of nitrogens with zero attached hydrogens (tertiary/aromatic N) is 1. The molecular formula is C33H52N2O2Si. The Balaban J connectivity index is 0.000000135. The fourth-order valence-electron chi connectivity index (χ4n) is 5.65. The Kier molecular flexibility index (Phi) is 10.3. The van der Waals surface area contributed by atoms with Crippen LogP contribution in [0.15, 0.2) is 36.4 Å². The Morgan fingerprint density at radius 1 is 0.895 bits per heavy atom. The van der Waals surface area contributed by atoms with Gasteiger partial charge in [-0.1, -0.05) is 47.5 Å². The summed E-state index contributed by atoms with van der Waals surface area (Å²) in [6.07, 6.45) is 10.2. The average molecular weight is 537 g/mol. The van der Waals surface area contributed by atoms with Crippen LogP contribution in [0.5, 0.6) is 0 Å². The van der Waals surface area contributed by atoms with Gasteiger partial charge in [-0.3, -0.25) is 4.90 Å². The van der Waals surface area contributed by atoms with Gasteiger partial charge in [0.15, 0.2) is 14.1 Å². The van der Waals surface area contributed by atoms with E-state index in [0.29, 0.717) is 0 Å². The van der Waals surface area contributed by atoms with E-state index in [1.165, 1.54) is 68.3 Å². The van der Waals surface area contributed by atoms with Crippen LogP contribution in [-0.2, 0) is 35.1 Å². The van der Waals surface area contributed by atoms with Gasteiger partial charge >= 0.3 is 0 Å². The van der Waals surface area contributed by atoms with Crippen LogP contribution in [0.1, 0.15) is 78.8 Å². The van der Waals surface area contributed by atoms with Gasteiger partial charge in [0.05, 0.1) is 0 Å². The van der Waals surface area contributed by atoms with Crippen molar-refractivity contribution in [3.05, 3.63) is 69.8 Å². The predicted molar refractivity (Wildman–Crippen MR) is 162 cm³/mol. The van der Waals surface area contributed by atoms with Crippen molar-refractivity contribution in [1.82, 2.24) is 10.2 Å². The number of hydrogen-bond acceptors (Lipinski definition) is 4. The molecule has 2 fully saturated rings. The summed E-state index contributed by atoms with van der Waals surface area (Å²) < 4.78 is 11.4. The lowest BCUT2D eigenvalue weighted by Crippen LogP contribution is -2.34. The van der Waals surface area contributed by atoms with E-state index in [4.69, 9.17) is 9.16 Å². The first kappa shape index (κ1) is 29.5. The van der Waals surface area contributed by atoms with Crippen molar-refractivity contribution in [3.63, 3.8) is 0 Å². The van der Waals surface area contributed by atoms with Gasteiger partial charge < -0.3 is 14.5 Å². The highest BCUT2D eigenvalue weighted by Crippen LogP contribution is 2.42. The average Bonchev–Trinajstić information content (AvgIpc) is 3.74. The second kappa shape index (κ2) is 13.2. The number of fused-ring (bicyclic) bond motifs is 2. The van der Waals surface area contributed by atoms with Gasteiger partial charge in [0.2, 0.25) is 0 Å². The second-order valence-electron chi connectivity index (χ2n) is 12.7. The number of nitrogens with one attached hydrogen (secondary N) is 1. The van der Waals surface area contributed by atoms with Gasteiger partial charge in [0, 0.05) is 38.6 Å². The standard InChI is InChI=1S/C14H19N.C11H15N.C8H18O2Si/c1-11-4-5-13-10-15(14-6-7-14)8-2-3-12(13)9-11;1-9-4-5-11-8-12-6-2-3-10(11)7-9;1-5-9-8(6-7-8)10-11(2,3)4/h4-5,9,14H,2-3,6-8,10H2,1H3;4-5,7,12H,2-3,6,8H2,1H3;5-7H2,1-4H3. The highest BCUT2D eigenvalue weighted by molar-refractivity contribution is 6.69. The minimum Gasteiger partial charge on any atom is -0.391 e. The van der Waals surface area contributed by atoms with E-state index in [2.05, 4.69) is 80.1 Å². The first-order valence-corrected chi connectivity index (χ1v) is 18.5. The van der Waals surface area contributed by atoms with E-state index in [1.807, 2.05) is 6.92 Å². The lowest BCUT2D eigenvalue weighted by molar-refractivity contribution is -0.106. The molecule has 0 unspecified atom stereocenters. The van der Waals surface area contributed by atoms with Crippen molar-refractivity contribution < 1.29 is 9.16 Å². The van der Waals surface area contributed by atoms with Crippen molar-refractivity contribution in [2.75, 3.05) is 19.7 Å². The molecule has 2 aliphatic heterocycles. The normalized spacial score (nSPS) is 20.4. The quantitative estimate of drug-likeness (QED) is 0.321. The Bertz CT molecular complexity index is 1040. The van der Waals surface area contributed by atoms with E-state index in [0.717, 1.165) is 38.6 Å². The molecule has 0 aromatic heterocycles. The van der Waals surface area contributed by atoms with Gasteiger partial charge in [-0.2, -0.15) is 0 Å². The fourth-order valence-corrected chi connectivity index (χ4v) is 7.03. The first-order chi connectivity index (χ1) is 18.2. The van der Waals surface area contributed by atoms with Gasteiger partial charge in [-0.25, -0.2) is 0 Å². The Hall–Kier alpha value is -1.50. The SMILES string of the molecule is CCOC1(O[Si](C)(C)C)CC1.Cc1ccc2c(c1)CCCN(C1CC1)C2.Cc1ccc2c(c1)CCCNC2. The topological polar surface area (TPSA) is 33.7 Å². The smallest absolute Gasteiger partial charge is 0.187 e. The molecule has 2 aromatic rings. The lowest BCUT2D eigenvalue weighted by atomic mass is 10.0. The minimum absolute atomic E-state index is 0.154. The highest BCUT2D eigenvalue weighted by atomic mass is 28.4. The lowest BCUT2D eigenvalue weighted by Gasteiger charge is -2.25. The molecule has 0 radical (unpaired) electrons. The van der Waals surface area contributed by atoms with Crippen LogP contribution in [0.2, 0.25) is 19.6 Å². The van der Waals surface area contributed by atoms with Gasteiger partial charge in [-0.15, -0.1) is 0 Å². The van der Waals surface area contributed by atoms with Crippen molar-refractivity contribution in [1.29, 1.82) is 0 Å². The molecule has 2 heterocycles. The zero-order valence-electron chi connectivity index (χ0n) is 25.0. The molecule has 4 aliphatic rings. The third kappa shape index (κ3) is 9.30. The third-order valence-corrected chi connectivity index (χ3v) is 8.71. The van der Waals surface area contributed by atoms with Crippen molar-refractivity contribution in [2.45, 2.75) is 117 Å². The molecular weight excluding hydrogens is 484 g/mol. The number of rotatable bonds is 5.